The molecule has 2 aliphatic rings. The van der Waals surface area contributed by atoms with E-state index in [1.165, 1.54) is 25.0 Å². The molecule has 5 nitrogen and oxygen atoms in total. The van der Waals surface area contributed by atoms with Crippen LogP contribution >= 0.6 is 11.6 Å². The fourth-order valence-corrected chi connectivity index (χ4v) is 4.74. The van der Waals surface area contributed by atoms with Crippen LogP contribution in [0.15, 0.2) is 60.9 Å². The highest BCUT2D eigenvalue weighted by Gasteiger charge is 2.49. The van der Waals surface area contributed by atoms with E-state index in [2.05, 4.69) is 15.3 Å². The van der Waals surface area contributed by atoms with Crippen LogP contribution in [0.1, 0.15) is 36.0 Å². The molecular formula is C25H24ClFN4O. The number of hydrogen-bond donors (Lipinski definition) is 1. The second kappa shape index (κ2) is 8.51. The van der Waals surface area contributed by atoms with E-state index in [-0.39, 0.29) is 11.9 Å². The van der Waals surface area contributed by atoms with E-state index < -0.39 is 5.82 Å². The zero-order chi connectivity index (χ0) is 22.1. The monoisotopic (exact) mass is 450 g/mol. The lowest BCUT2D eigenvalue weighted by molar-refractivity contribution is 0.0546. The lowest BCUT2D eigenvalue weighted by Gasteiger charge is -2.40. The second-order valence-electron chi connectivity index (χ2n) is 8.75. The van der Waals surface area contributed by atoms with Crippen LogP contribution in [0.25, 0.3) is 11.3 Å². The van der Waals surface area contributed by atoms with Crippen molar-refractivity contribution in [2.45, 2.75) is 31.7 Å². The Labute approximate surface area is 191 Å². The Morgan fingerprint density at radius 3 is 2.75 bits per heavy atom. The van der Waals surface area contributed by atoms with Crippen molar-refractivity contribution in [1.29, 1.82) is 0 Å². The summed E-state index contributed by atoms with van der Waals surface area (Å²) < 4.78 is 14.2. The number of aromatic nitrogens is 2. The molecule has 1 N–H and O–H groups in total. The minimum atomic E-state index is -0.427. The maximum absolute atomic E-state index is 14.2. The van der Waals surface area contributed by atoms with Gasteiger partial charge in [-0.2, -0.15) is 0 Å². The fourth-order valence-electron chi connectivity index (χ4n) is 4.63. The molecule has 1 aromatic carbocycles. The predicted octanol–water partition coefficient (Wildman–Crippen LogP) is 5.43. The molecular weight excluding hydrogens is 427 g/mol. The summed E-state index contributed by atoms with van der Waals surface area (Å²) in [5.41, 5.74) is 2.01. The quantitative estimate of drug-likeness (QED) is 0.562. The highest BCUT2D eigenvalue weighted by Crippen LogP contribution is 2.55. The van der Waals surface area contributed by atoms with Gasteiger partial charge in [-0.25, -0.2) is 9.37 Å². The third-order valence-electron chi connectivity index (χ3n) is 6.61. The largest absolute Gasteiger partial charge is 0.368 e. The molecule has 1 unspecified atom stereocenters. The molecule has 3 heterocycles. The van der Waals surface area contributed by atoms with Crippen molar-refractivity contribution in [3.8, 4) is 11.3 Å². The van der Waals surface area contributed by atoms with Crippen molar-refractivity contribution in [1.82, 2.24) is 14.9 Å². The van der Waals surface area contributed by atoms with Gasteiger partial charge in [-0.1, -0.05) is 17.7 Å². The summed E-state index contributed by atoms with van der Waals surface area (Å²) in [5, 5.41) is 3.93. The van der Waals surface area contributed by atoms with Crippen LogP contribution in [0.2, 0.25) is 5.02 Å². The standard InChI is InChI=1S/C25H24ClFN4O/c26-17-4-7-23(29-15-17)30-16-19-14-25(8-9-25)10-12-31(19)24(32)21-13-18(27)5-6-20(21)22-3-1-2-11-28-22/h1-7,11,13,15,19H,8-10,12,14,16H2,(H,29,30). The van der Waals surface area contributed by atoms with E-state index >= 15 is 0 Å². The van der Waals surface area contributed by atoms with Crippen LogP contribution in [0, 0.1) is 11.2 Å². The van der Waals surface area contributed by atoms with Crippen LogP contribution in [0.4, 0.5) is 10.2 Å². The number of benzene rings is 1. The third-order valence-corrected chi connectivity index (χ3v) is 6.83. The number of amides is 1. The Bertz CT molecular complexity index is 1120. The van der Waals surface area contributed by atoms with Crippen molar-refractivity contribution < 1.29 is 9.18 Å². The summed E-state index contributed by atoms with van der Waals surface area (Å²) >= 11 is 5.94. The normalized spacial score (nSPS) is 19.1. The summed E-state index contributed by atoms with van der Waals surface area (Å²) in [7, 11) is 0. The number of piperidine rings is 1. The van der Waals surface area contributed by atoms with Crippen molar-refractivity contribution in [3.63, 3.8) is 0 Å². The maximum Gasteiger partial charge on any atom is 0.254 e. The molecule has 1 aliphatic heterocycles. The molecule has 32 heavy (non-hydrogen) atoms. The first-order chi connectivity index (χ1) is 15.5. The van der Waals surface area contributed by atoms with Gasteiger partial charge in [0.2, 0.25) is 0 Å². The molecule has 1 saturated carbocycles. The highest BCUT2D eigenvalue weighted by molar-refractivity contribution is 6.30. The third kappa shape index (κ3) is 4.32. The van der Waals surface area contributed by atoms with Crippen molar-refractivity contribution in [2.24, 2.45) is 5.41 Å². The van der Waals surface area contributed by atoms with Gasteiger partial charge < -0.3 is 10.2 Å². The van der Waals surface area contributed by atoms with Crippen molar-refractivity contribution in [2.75, 3.05) is 18.4 Å². The Balaban J connectivity index is 1.42. The first-order valence-electron chi connectivity index (χ1n) is 10.9. The lowest BCUT2D eigenvalue weighted by Crippen LogP contribution is -2.50. The first-order valence-corrected chi connectivity index (χ1v) is 11.3. The van der Waals surface area contributed by atoms with Crippen LogP contribution in [0.3, 0.4) is 0 Å². The van der Waals surface area contributed by atoms with Gasteiger partial charge >= 0.3 is 0 Å². The molecule has 1 amide bonds. The van der Waals surface area contributed by atoms with E-state index in [1.54, 1.807) is 24.5 Å². The highest BCUT2D eigenvalue weighted by atomic mass is 35.5. The molecule has 1 spiro atoms. The van der Waals surface area contributed by atoms with Gasteiger partial charge in [0.1, 0.15) is 11.6 Å². The molecule has 2 aromatic heterocycles. The van der Waals surface area contributed by atoms with Crippen LogP contribution in [0.5, 0.6) is 0 Å². The van der Waals surface area contributed by atoms with Gasteiger partial charge in [0, 0.05) is 37.1 Å². The number of carbonyl (C=O) groups excluding carboxylic acids is 1. The molecule has 0 bridgehead atoms. The smallest absolute Gasteiger partial charge is 0.254 e. The Morgan fingerprint density at radius 1 is 1.16 bits per heavy atom. The molecule has 7 heteroatoms. The number of pyridine rings is 2. The van der Waals surface area contributed by atoms with Crippen LogP contribution < -0.4 is 5.32 Å². The van der Waals surface area contributed by atoms with Crippen LogP contribution in [-0.2, 0) is 0 Å². The van der Waals surface area contributed by atoms with E-state index in [0.717, 1.165) is 18.7 Å². The Kier molecular flexibility index (Phi) is 5.55. The Morgan fingerprint density at radius 2 is 2.03 bits per heavy atom. The molecule has 0 radical (unpaired) electrons. The molecule has 2 fully saturated rings. The summed E-state index contributed by atoms with van der Waals surface area (Å²) in [6.45, 7) is 1.24. The van der Waals surface area contributed by atoms with E-state index in [4.69, 9.17) is 11.6 Å². The zero-order valence-electron chi connectivity index (χ0n) is 17.6. The minimum absolute atomic E-state index is 0.00363. The van der Waals surface area contributed by atoms with Gasteiger partial charge in [0.15, 0.2) is 0 Å². The SMILES string of the molecule is O=C(c1cc(F)ccc1-c1ccccn1)N1CCC2(CC2)CC1CNc1ccc(Cl)cn1. The number of halogens is 2. The molecule has 164 valence electrons. The summed E-state index contributed by atoms with van der Waals surface area (Å²) in [5.74, 6) is 0.136. The van der Waals surface area contributed by atoms with E-state index in [0.29, 0.717) is 40.3 Å². The number of anilines is 1. The average Bonchev–Trinajstić information content (AvgIpc) is 3.57. The molecule has 1 aliphatic carbocycles. The van der Waals surface area contributed by atoms with Crippen LogP contribution in [-0.4, -0.2) is 39.9 Å². The van der Waals surface area contributed by atoms with Gasteiger partial charge in [0.05, 0.1) is 16.3 Å². The van der Waals surface area contributed by atoms with Gasteiger partial charge in [0.25, 0.3) is 5.91 Å². The average molecular weight is 451 g/mol. The number of nitrogens with one attached hydrogen (secondary N) is 1. The first kappa shape index (κ1) is 20.9. The summed E-state index contributed by atoms with van der Waals surface area (Å²) in [4.78, 5) is 24.3. The minimum Gasteiger partial charge on any atom is -0.368 e. The zero-order valence-corrected chi connectivity index (χ0v) is 18.4. The maximum atomic E-state index is 14.2. The molecule has 3 aromatic rings. The number of rotatable bonds is 5. The van der Waals surface area contributed by atoms with Crippen molar-refractivity contribution in [3.05, 3.63) is 77.3 Å². The van der Waals surface area contributed by atoms with Gasteiger partial charge in [-0.15, -0.1) is 0 Å². The van der Waals surface area contributed by atoms with Gasteiger partial charge in [-0.3, -0.25) is 9.78 Å². The lowest BCUT2D eigenvalue weighted by atomic mass is 9.87. The number of hydrogen-bond acceptors (Lipinski definition) is 4. The number of nitrogens with zero attached hydrogens (tertiary/aromatic N) is 3. The molecule has 1 saturated heterocycles. The van der Waals surface area contributed by atoms with E-state index in [1.807, 2.05) is 29.2 Å². The number of likely N-dealkylation sites (tertiary alicyclic amines) is 1. The summed E-state index contributed by atoms with van der Waals surface area (Å²) in [6, 6.07) is 13.5. The second-order valence-corrected chi connectivity index (χ2v) is 9.19. The number of carbonyl (C=O) groups is 1. The van der Waals surface area contributed by atoms with E-state index in [9.17, 15) is 9.18 Å². The Hall–Kier alpha value is -2.99. The van der Waals surface area contributed by atoms with Crippen molar-refractivity contribution >= 4 is 23.3 Å². The predicted molar refractivity (Wildman–Crippen MR) is 123 cm³/mol. The molecule has 1 atom stereocenters. The topological polar surface area (TPSA) is 58.1 Å². The summed E-state index contributed by atoms with van der Waals surface area (Å²) in [6.07, 6.45) is 7.63. The van der Waals surface area contributed by atoms with Gasteiger partial charge in [-0.05, 0) is 73.6 Å². The molecule has 5 rings (SSSR count). The fraction of sp³-hybridized carbons (Fsp3) is 0.320.